The van der Waals surface area contributed by atoms with E-state index in [1.54, 1.807) is 11.1 Å². The Bertz CT molecular complexity index is 1330. The van der Waals surface area contributed by atoms with Crippen LogP contribution >= 0.6 is 11.6 Å². The molecular formula is C34H45ClN4O5. The van der Waals surface area contributed by atoms with Gasteiger partial charge in [-0.05, 0) is 108 Å². The molecule has 0 bridgehead atoms. The summed E-state index contributed by atoms with van der Waals surface area (Å²) in [6, 6.07) is 13.4. The van der Waals surface area contributed by atoms with Crippen molar-refractivity contribution in [1.82, 2.24) is 15.3 Å². The second-order valence-corrected chi connectivity index (χ2v) is 13.6. The second-order valence-electron chi connectivity index (χ2n) is 13.2. The van der Waals surface area contributed by atoms with Crippen LogP contribution in [0.5, 0.6) is 5.75 Å². The van der Waals surface area contributed by atoms with Crippen LogP contribution in [0.15, 0.2) is 42.5 Å². The normalized spacial score (nSPS) is 18.9. The third-order valence-electron chi connectivity index (χ3n) is 8.97. The summed E-state index contributed by atoms with van der Waals surface area (Å²) < 4.78 is 5.58. The number of para-hydroxylation sites is 2. The number of benzene rings is 2. The summed E-state index contributed by atoms with van der Waals surface area (Å²) in [5.74, 6) is 1.21. The first kappa shape index (κ1) is 32.3. The molecular weight excluding hydrogens is 580 g/mol. The molecule has 2 amide bonds. The van der Waals surface area contributed by atoms with E-state index in [4.69, 9.17) is 21.2 Å². The van der Waals surface area contributed by atoms with Crippen LogP contribution in [0, 0.1) is 11.3 Å². The number of ether oxygens (including phenoxy) is 1. The number of nitrogens with zero attached hydrogens (tertiary/aromatic N) is 3. The highest BCUT2D eigenvalue weighted by atomic mass is 35.5. The summed E-state index contributed by atoms with van der Waals surface area (Å²) in [5.41, 5.74) is 2.03. The van der Waals surface area contributed by atoms with Gasteiger partial charge in [-0.3, -0.25) is 9.59 Å². The molecule has 10 heteroatoms. The van der Waals surface area contributed by atoms with Crippen molar-refractivity contribution in [3.63, 3.8) is 0 Å². The van der Waals surface area contributed by atoms with Crippen molar-refractivity contribution < 1.29 is 24.0 Å². The fraction of sp³-hybridized carbons (Fsp3) is 0.559. The Morgan fingerprint density at radius 3 is 2.45 bits per heavy atom. The molecule has 3 aliphatic rings. The van der Waals surface area contributed by atoms with Crippen molar-refractivity contribution in [3.8, 4) is 5.75 Å². The molecule has 0 saturated carbocycles. The summed E-state index contributed by atoms with van der Waals surface area (Å²) in [4.78, 5) is 47.8. The van der Waals surface area contributed by atoms with Gasteiger partial charge in [-0.1, -0.05) is 29.8 Å². The summed E-state index contributed by atoms with van der Waals surface area (Å²) >= 11 is 6.35. The zero-order chi connectivity index (χ0) is 31.3. The largest absolute Gasteiger partial charge is 0.482 e. The third-order valence-corrected chi connectivity index (χ3v) is 9.21. The van der Waals surface area contributed by atoms with Gasteiger partial charge in [0.25, 0.3) is 11.8 Å². The smallest absolute Gasteiger partial charge is 0.330 e. The van der Waals surface area contributed by atoms with Crippen molar-refractivity contribution >= 4 is 35.1 Å². The van der Waals surface area contributed by atoms with Gasteiger partial charge < -0.3 is 24.7 Å². The van der Waals surface area contributed by atoms with Gasteiger partial charge in [0, 0.05) is 43.3 Å². The van der Waals surface area contributed by atoms with Crippen LogP contribution in [0.2, 0.25) is 5.02 Å². The first-order valence-electron chi connectivity index (χ1n) is 15.9. The van der Waals surface area contributed by atoms with Crippen molar-refractivity contribution in [3.05, 3.63) is 58.6 Å². The number of fused-ring (bicyclic) bond motifs is 1. The lowest BCUT2D eigenvalue weighted by molar-refractivity contribution is -0.206. The number of hydrogen-bond acceptors (Lipinski definition) is 7. The SMILES string of the molecule is CC(C)(C)C(=O)ON1CCC(CCNC(=O)c2cc(Cl)ccc2C2CCN(CCN3C(=O)COc4ccccc43)CC2)CC1. The van der Waals surface area contributed by atoms with E-state index in [2.05, 4.69) is 10.2 Å². The van der Waals surface area contributed by atoms with Gasteiger partial charge in [0.15, 0.2) is 6.61 Å². The number of likely N-dealkylation sites (tertiary alicyclic amines) is 1. The first-order valence-corrected chi connectivity index (χ1v) is 16.3. The van der Waals surface area contributed by atoms with E-state index in [0.717, 1.165) is 68.7 Å². The fourth-order valence-electron chi connectivity index (χ4n) is 6.22. The van der Waals surface area contributed by atoms with Gasteiger partial charge in [-0.2, -0.15) is 0 Å². The predicted molar refractivity (Wildman–Crippen MR) is 171 cm³/mol. The lowest BCUT2D eigenvalue weighted by atomic mass is 9.86. The van der Waals surface area contributed by atoms with E-state index >= 15 is 0 Å². The van der Waals surface area contributed by atoms with Gasteiger partial charge >= 0.3 is 5.97 Å². The molecule has 9 nitrogen and oxygen atoms in total. The molecule has 2 fully saturated rings. The predicted octanol–water partition coefficient (Wildman–Crippen LogP) is 5.28. The summed E-state index contributed by atoms with van der Waals surface area (Å²) in [6.45, 7) is 10.9. The number of anilines is 1. The highest BCUT2D eigenvalue weighted by Crippen LogP contribution is 2.34. The van der Waals surface area contributed by atoms with Crippen molar-refractivity contribution in [2.24, 2.45) is 11.3 Å². The molecule has 0 aromatic heterocycles. The van der Waals surface area contributed by atoms with Gasteiger partial charge in [0.05, 0.1) is 11.1 Å². The van der Waals surface area contributed by atoms with E-state index < -0.39 is 5.41 Å². The Morgan fingerprint density at radius 2 is 1.73 bits per heavy atom. The van der Waals surface area contributed by atoms with Crippen LogP contribution < -0.4 is 15.0 Å². The molecule has 2 aromatic carbocycles. The number of amides is 2. The minimum atomic E-state index is -0.518. The Kier molecular flexibility index (Phi) is 10.5. The molecule has 2 aromatic rings. The van der Waals surface area contributed by atoms with Crippen LogP contribution in [-0.2, 0) is 14.4 Å². The Morgan fingerprint density at radius 1 is 1.00 bits per heavy atom. The van der Waals surface area contributed by atoms with Crippen molar-refractivity contribution in [1.29, 1.82) is 0 Å². The highest BCUT2D eigenvalue weighted by Gasteiger charge is 2.30. The minimum Gasteiger partial charge on any atom is -0.482 e. The molecule has 2 saturated heterocycles. The Balaban J connectivity index is 1.08. The Labute approximate surface area is 265 Å². The number of halogens is 1. The van der Waals surface area contributed by atoms with E-state index in [0.29, 0.717) is 42.7 Å². The second kappa shape index (κ2) is 14.3. The third kappa shape index (κ3) is 8.11. The van der Waals surface area contributed by atoms with Gasteiger partial charge in [0.1, 0.15) is 5.75 Å². The monoisotopic (exact) mass is 624 g/mol. The van der Waals surface area contributed by atoms with E-state index in [1.165, 1.54) is 0 Å². The van der Waals surface area contributed by atoms with E-state index in [1.807, 2.05) is 62.1 Å². The van der Waals surface area contributed by atoms with Gasteiger partial charge in [-0.25, -0.2) is 4.79 Å². The maximum absolute atomic E-state index is 13.3. The molecule has 3 heterocycles. The van der Waals surface area contributed by atoms with Crippen molar-refractivity contribution in [2.45, 2.75) is 58.8 Å². The highest BCUT2D eigenvalue weighted by molar-refractivity contribution is 6.31. The molecule has 238 valence electrons. The standard InChI is InChI=1S/C34H45ClN4O5/c1-34(2,3)33(42)44-38-18-11-24(12-19-38)10-15-36-32(41)28-22-26(35)8-9-27(28)25-13-16-37(17-14-25)20-21-39-29-6-4-5-7-30(29)43-23-31(39)40/h4-9,22,24-25H,10-21,23H2,1-3H3,(H,36,41). The molecule has 0 atom stereocenters. The molecule has 0 aliphatic carbocycles. The molecule has 0 unspecified atom stereocenters. The van der Waals surface area contributed by atoms with Crippen LogP contribution in [0.25, 0.3) is 0 Å². The number of carbonyl (C=O) groups excluding carboxylic acids is 3. The molecule has 0 spiro atoms. The van der Waals surface area contributed by atoms with Crippen LogP contribution in [0.4, 0.5) is 5.69 Å². The number of hydroxylamine groups is 2. The Hall–Kier alpha value is -3.14. The number of rotatable bonds is 9. The lowest BCUT2D eigenvalue weighted by Crippen LogP contribution is -2.45. The summed E-state index contributed by atoms with van der Waals surface area (Å²) in [5, 5.41) is 5.47. The molecule has 3 aliphatic heterocycles. The number of piperidine rings is 2. The molecule has 1 N–H and O–H groups in total. The number of hydrogen-bond donors (Lipinski definition) is 1. The fourth-order valence-corrected chi connectivity index (χ4v) is 6.39. The topological polar surface area (TPSA) is 91.4 Å². The summed E-state index contributed by atoms with van der Waals surface area (Å²) in [6.07, 6.45) is 4.63. The minimum absolute atomic E-state index is 0.0116. The maximum Gasteiger partial charge on any atom is 0.330 e. The zero-order valence-electron chi connectivity index (χ0n) is 26.1. The number of carbonyl (C=O) groups is 3. The van der Waals surface area contributed by atoms with E-state index in [-0.39, 0.29) is 30.3 Å². The van der Waals surface area contributed by atoms with E-state index in [9.17, 15) is 14.4 Å². The van der Waals surface area contributed by atoms with Gasteiger partial charge in [0.2, 0.25) is 0 Å². The maximum atomic E-state index is 13.3. The van der Waals surface area contributed by atoms with Crippen LogP contribution in [-0.4, -0.2) is 80.2 Å². The quantitative estimate of drug-likeness (QED) is 0.406. The van der Waals surface area contributed by atoms with Crippen molar-refractivity contribution in [2.75, 3.05) is 57.3 Å². The average Bonchev–Trinajstić information content (AvgIpc) is 3.01. The lowest BCUT2D eigenvalue weighted by Gasteiger charge is -2.35. The number of nitrogens with one attached hydrogen (secondary N) is 1. The molecule has 0 radical (unpaired) electrons. The summed E-state index contributed by atoms with van der Waals surface area (Å²) in [7, 11) is 0. The van der Waals surface area contributed by atoms with Gasteiger partial charge in [-0.15, -0.1) is 5.06 Å². The van der Waals surface area contributed by atoms with Crippen LogP contribution in [0.3, 0.4) is 0 Å². The molecule has 5 rings (SSSR count). The average molecular weight is 625 g/mol. The first-order chi connectivity index (χ1) is 21.1. The zero-order valence-corrected chi connectivity index (χ0v) is 26.9. The van der Waals surface area contributed by atoms with Crippen LogP contribution in [0.1, 0.15) is 74.7 Å². The molecule has 44 heavy (non-hydrogen) atoms.